The number of amides is 1. The van der Waals surface area contributed by atoms with Gasteiger partial charge in [0.2, 0.25) is 0 Å². The number of benzene rings is 2. The Morgan fingerprint density at radius 3 is 2.68 bits per heavy atom. The summed E-state index contributed by atoms with van der Waals surface area (Å²) in [6.07, 6.45) is 1.68. The summed E-state index contributed by atoms with van der Waals surface area (Å²) in [5.74, 6) is 0.533. The summed E-state index contributed by atoms with van der Waals surface area (Å²) in [6.45, 7) is 0.594. The van der Waals surface area contributed by atoms with Gasteiger partial charge in [-0.1, -0.05) is 46.3 Å². The lowest BCUT2D eigenvalue weighted by Crippen LogP contribution is -2.16. The SMILES string of the molecule is O=C(Nc1ccnn1Cc1cccc(Br)c1)c1ccccc1. The first-order valence-corrected chi connectivity index (χ1v) is 7.64. The van der Waals surface area contributed by atoms with Crippen LogP contribution in [0.2, 0.25) is 0 Å². The summed E-state index contributed by atoms with van der Waals surface area (Å²) < 4.78 is 2.79. The van der Waals surface area contributed by atoms with Crippen molar-refractivity contribution in [2.24, 2.45) is 0 Å². The molecule has 110 valence electrons. The number of nitrogens with zero attached hydrogens (tertiary/aromatic N) is 2. The maximum absolute atomic E-state index is 12.2. The first kappa shape index (κ1) is 14.5. The number of aromatic nitrogens is 2. The van der Waals surface area contributed by atoms with Crippen LogP contribution in [-0.2, 0) is 6.54 Å². The normalized spacial score (nSPS) is 10.4. The summed E-state index contributed by atoms with van der Waals surface area (Å²) in [7, 11) is 0. The van der Waals surface area contributed by atoms with E-state index in [1.54, 1.807) is 29.1 Å². The molecule has 0 atom stereocenters. The van der Waals surface area contributed by atoms with Crippen molar-refractivity contribution >= 4 is 27.7 Å². The van der Waals surface area contributed by atoms with Crippen molar-refractivity contribution in [3.63, 3.8) is 0 Å². The Hall–Kier alpha value is -2.40. The van der Waals surface area contributed by atoms with E-state index < -0.39 is 0 Å². The number of nitrogens with one attached hydrogen (secondary N) is 1. The van der Waals surface area contributed by atoms with Gasteiger partial charge in [-0.25, -0.2) is 4.68 Å². The molecule has 0 radical (unpaired) electrons. The highest BCUT2D eigenvalue weighted by molar-refractivity contribution is 9.10. The highest BCUT2D eigenvalue weighted by Gasteiger charge is 2.09. The zero-order valence-electron chi connectivity index (χ0n) is 11.7. The molecule has 0 bridgehead atoms. The molecule has 0 saturated carbocycles. The average Bonchev–Trinajstić information content (AvgIpc) is 2.95. The van der Waals surface area contributed by atoms with Gasteiger partial charge in [-0.05, 0) is 29.8 Å². The van der Waals surface area contributed by atoms with Crippen LogP contribution in [0.3, 0.4) is 0 Å². The molecule has 1 aromatic heterocycles. The van der Waals surface area contributed by atoms with Crippen LogP contribution in [0.25, 0.3) is 0 Å². The minimum absolute atomic E-state index is 0.142. The highest BCUT2D eigenvalue weighted by atomic mass is 79.9. The van der Waals surface area contributed by atoms with E-state index in [0.29, 0.717) is 17.9 Å². The first-order chi connectivity index (χ1) is 10.7. The highest BCUT2D eigenvalue weighted by Crippen LogP contribution is 2.15. The van der Waals surface area contributed by atoms with Crippen molar-refractivity contribution in [3.8, 4) is 0 Å². The molecule has 1 amide bonds. The Bertz CT molecular complexity index is 783. The zero-order valence-corrected chi connectivity index (χ0v) is 13.3. The van der Waals surface area contributed by atoms with E-state index in [4.69, 9.17) is 0 Å². The van der Waals surface area contributed by atoms with Crippen LogP contribution < -0.4 is 5.32 Å². The molecule has 0 aliphatic heterocycles. The van der Waals surface area contributed by atoms with Gasteiger partial charge < -0.3 is 5.32 Å². The van der Waals surface area contributed by atoms with Gasteiger partial charge >= 0.3 is 0 Å². The van der Waals surface area contributed by atoms with Crippen LogP contribution in [-0.4, -0.2) is 15.7 Å². The number of halogens is 1. The van der Waals surface area contributed by atoms with Crippen LogP contribution in [0.4, 0.5) is 5.82 Å². The third-order valence-electron chi connectivity index (χ3n) is 3.22. The predicted molar refractivity (Wildman–Crippen MR) is 89.9 cm³/mol. The molecular formula is C17H14BrN3O. The summed E-state index contributed by atoms with van der Waals surface area (Å²) in [6, 6.07) is 18.9. The van der Waals surface area contributed by atoms with Gasteiger partial charge in [0.1, 0.15) is 5.82 Å². The van der Waals surface area contributed by atoms with E-state index in [0.717, 1.165) is 10.0 Å². The monoisotopic (exact) mass is 355 g/mol. The third kappa shape index (κ3) is 3.43. The number of anilines is 1. The van der Waals surface area contributed by atoms with Crippen molar-refractivity contribution in [3.05, 3.63) is 82.5 Å². The first-order valence-electron chi connectivity index (χ1n) is 6.85. The van der Waals surface area contributed by atoms with Gasteiger partial charge in [0.15, 0.2) is 0 Å². The lowest BCUT2D eigenvalue weighted by atomic mass is 10.2. The summed E-state index contributed by atoms with van der Waals surface area (Å²) in [4.78, 5) is 12.2. The number of hydrogen-bond donors (Lipinski definition) is 1. The number of hydrogen-bond acceptors (Lipinski definition) is 2. The van der Waals surface area contributed by atoms with Crippen molar-refractivity contribution in [1.29, 1.82) is 0 Å². The average molecular weight is 356 g/mol. The fourth-order valence-corrected chi connectivity index (χ4v) is 2.60. The molecular weight excluding hydrogens is 342 g/mol. The van der Waals surface area contributed by atoms with Gasteiger partial charge in [0, 0.05) is 16.1 Å². The minimum atomic E-state index is -0.142. The summed E-state index contributed by atoms with van der Waals surface area (Å²) in [5.41, 5.74) is 1.73. The molecule has 0 unspecified atom stereocenters. The Morgan fingerprint density at radius 1 is 1.09 bits per heavy atom. The van der Waals surface area contributed by atoms with Crippen molar-refractivity contribution in [2.75, 3.05) is 5.32 Å². The minimum Gasteiger partial charge on any atom is -0.307 e. The maximum atomic E-state index is 12.2. The van der Waals surface area contributed by atoms with Crippen LogP contribution in [0.15, 0.2) is 71.3 Å². The zero-order chi connectivity index (χ0) is 15.4. The molecule has 0 aliphatic rings. The second-order valence-corrected chi connectivity index (χ2v) is 5.74. The molecule has 3 rings (SSSR count). The fraction of sp³-hybridized carbons (Fsp3) is 0.0588. The Morgan fingerprint density at radius 2 is 1.91 bits per heavy atom. The predicted octanol–water partition coefficient (Wildman–Crippen LogP) is 3.95. The molecule has 3 aromatic rings. The van der Waals surface area contributed by atoms with Gasteiger partial charge in [-0.2, -0.15) is 5.10 Å². The lowest BCUT2D eigenvalue weighted by molar-refractivity contribution is 0.102. The van der Waals surface area contributed by atoms with Gasteiger partial charge in [0.25, 0.3) is 5.91 Å². The molecule has 0 aliphatic carbocycles. The standard InChI is InChI=1S/C17H14BrN3O/c18-15-8-4-5-13(11-15)12-21-16(9-10-19-21)20-17(22)14-6-2-1-3-7-14/h1-11H,12H2,(H,20,22). The third-order valence-corrected chi connectivity index (χ3v) is 3.71. The molecule has 1 N–H and O–H groups in total. The molecule has 0 saturated heterocycles. The molecule has 0 fully saturated rings. The maximum Gasteiger partial charge on any atom is 0.256 e. The van der Waals surface area contributed by atoms with Crippen LogP contribution in [0, 0.1) is 0 Å². The molecule has 0 spiro atoms. The second kappa shape index (κ2) is 6.58. The quantitative estimate of drug-likeness (QED) is 0.770. The summed E-state index contributed by atoms with van der Waals surface area (Å²) in [5, 5.41) is 7.17. The second-order valence-electron chi connectivity index (χ2n) is 4.82. The van der Waals surface area contributed by atoms with E-state index in [2.05, 4.69) is 26.3 Å². The summed E-state index contributed by atoms with van der Waals surface area (Å²) >= 11 is 3.46. The largest absolute Gasteiger partial charge is 0.307 e. The molecule has 5 heteroatoms. The van der Waals surface area contributed by atoms with E-state index in [-0.39, 0.29) is 5.91 Å². The fourth-order valence-electron chi connectivity index (χ4n) is 2.15. The van der Waals surface area contributed by atoms with E-state index in [9.17, 15) is 4.79 Å². The Kier molecular flexibility index (Phi) is 4.34. The Balaban J connectivity index is 1.76. The Labute approximate surface area is 136 Å². The van der Waals surface area contributed by atoms with Crippen molar-refractivity contribution in [1.82, 2.24) is 9.78 Å². The number of carbonyl (C=O) groups excluding carboxylic acids is 1. The van der Waals surface area contributed by atoms with Crippen LogP contribution in [0.1, 0.15) is 15.9 Å². The van der Waals surface area contributed by atoms with E-state index in [1.807, 2.05) is 42.5 Å². The number of rotatable bonds is 4. The van der Waals surface area contributed by atoms with Crippen molar-refractivity contribution in [2.45, 2.75) is 6.54 Å². The van der Waals surface area contributed by atoms with Gasteiger partial charge in [-0.15, -0.1) is 0 Å². The van der Waals surface area contributed by atoms with E-state index >= 15 is 0 Å². The van der Waals surface area contributed by atoms with Gasteiger partial charge in [-0.3, -0.25) is 4.79 Å². The molecule has 2 aromatic carbocycles. The topological polar surface area (TPSA) is 46.9 Å². The smallest absolute Gasteiger partial charge is 0.256 e. The molecule has 4 nitrogen and oxygen atoms in total. The van der Waals surface area contributed by atoms with Crippen molar-refractivity contribution < 1.29 is 4.79 Å². The van der Waals surface area contributed by atoms with Crippen LogP contribution in [0.5, 0.6) is 0 Å². The van der Waals surface area contributed by atoms with Crippen LogP contribution >= 0.6 is 15.9 Å². The lowest BCUT2D eigenvalue weighted by Gasteiger charge is -2.09. The molecule has 1 heterocycles. The molecule has 22 heavy (non-hydrogen) atoms. The number of carbonyl (C=O) groups is 1. The van der Waals surface area contributed by atoms with E-state index in [1.165, 1.54) is 0 Å². The van der Waals surface area contributed by atoms with Gasteiger partial charge in [0.05, 0.1) is 12.7 Å².